The van der Waals surface area contributed by atoms with Crippen LogP contribution in [0.5, 0.6) is 0 Å². The van der Waals surface area contributed by atoms with Crippen molar-refractivity contribution in [3.8, 4) is 0 Å². The average Bonchev–Trinajstić information content (AvgIpc) is 2.97. The van der Waals surface area contributed by atoms with E-state index in [4.69, 9.17) is 0 Å². The highest BCUT2D eigenvalue weighted by atomic mass is 35.5. The first-order valence-corrected chi connectivity index (χ1v) is 8.98. The molecule has 24 heavy (non-hydrogen) atoms. The molecule has 6 heteroatoms. The number of aromatic nitrogens is 1. The van der Waals surface area contributed by atoms with Gasteiger partial charge in [-0.15, -0.1) is 23.7 Å². The quantitative estimate of drug-likeness (QED) is 0.850. The summed E-state index contributed by atoms with van der Waals surface area (Å²) in [5.74, 6) is 0.541. The zero-order valence-corrected chi connectivity index (χ0v) is 15.7. The van der Waals surface area contributed by atoms with Crippen molar-refractivity contribution in [1.82, 2.24) is 10.3 Å². The lowest BCUT2D eigenvalue weighted by molar-refractivity contribution is -0.119. The number of hydrogen-bond donors (Lipinski definition) is 2. The maximum absolute atomic E-state index is 12.1. The second kappa shape index (κ2) is 8.60. The largest absolute Gasteiger partial charge is 0.319 e. The number of rotatable bonds is 5. The van der Waals surface area contributed by atoms with Crippen molar-refractivity contribution < 1.29 is 4.79 Å². The average molecular weight is 366 g/mol. The lowest BCUT2D eigenvalue weighted by Crippen LogP contribution is -2.28. The van der Waals surface area contributed by atoms with Crippen molar-refractivity contribution in [3.63, 3.8) is 0 Å². The van der Waals surface area contributed by atoms with Gasteiger partial charge in [0, 0.05) is 17.3 Å². The normalized spacial score (nSPS) is 17.5. The Morgan fingerprint density at radius 3 is 2.83 bits per heavy atom. The number of fused-ring (bicyclic) bond motifs is 1. The summed E-state index contributed by atoms with van der Waals surface area (Å²) < 4.78 is 0. The number of amides is 1. The van der Waals surface area contributed by atoms with E-state index in [1.54, 1.807) is 11.3 Å². The highest BCUT2D eigenvalue weighted by molar-refractivity contribution is 7.15. The second-order valence-electron chi connectivity index (χ2n) is 6.19. The molecule has 130 valence electrons. The molecule has 1 aliphatic carbocycles. The van der Waals surface area contributed by atoms with Gasteiger partial charge in [-0.1, -0.05) is 37.3 Å². The molecule has 0 saturated carbocycles. The Hall–Kier alpha value is -1.43. The van der Waals surface area contributed by atoms with Crippen molar-refractivity contribution >= 4 is 34.8 Å². The van der Waals surface area contributed by atoms with Gasteiger partial charge in [-0.25, -0.2) is 4.98 Å². The number of aryl methyl sites for hydroxylation is 1. The molecule has 1 aromatic heterocycles. The van der Waals surface area contributed by atoms with Crippen LogP contribution in [0.2, 0.25) is 0 Å². The Morgan fingerprint density at radius 2 is 2.12 bits per heavy atom. The van der Waals surface area contributed by atoms with Crippen molar-refractivity contribution in [1.29, 1.82) is 0 Å². The van der Waals surface area contributed by atoms with Gasteiger partial charge in [0.2, 0.25) is 5.91 Å². The highest BCUT2D eigenvalue weighted by Crippen LogP contribution is 2.36. The minimum Gasteiger partial charge on any atom is -0.319 e. The van der Waals surface area contributed by atoms with Crippen LogP contribution in [-0.2, 0) is 17.6 Å². The molecule has 1 amide bonds. The Bertz CT molecular complexity index is 674. The summed E-state index contributed by atoms with van der Waals surface area (Å²) in [7, 11) is 1.86. The van der Waals surface area contributed by atoms with Crippen LogP contribution >= 0.6 is 23.7 Å². The first kappa shape index (κ1) is 18.9. The van der Waals surface area contributed by atoms with Crippen LogP contribution in [0.15, 0.2) is 30.3 Å². The molecule has 2 N–H and O–H groups in total. The zero-order valence-electron chi connectivity index (χ0n) is 14.0. The van der Waals surface area contributed by atoms with Gasteiger partial charge in [-0.3, -0.25) is 4.79 Å². The fourth-order valence-electron chi connectivity index (χ4n) is 3.07. The van der Waals surface area contributed by atoms with E-state index in [1.807, 2.05) is 14.0 Å². The van der Waals surface area contributed by atoms with E-state index in [-0.39, 0.29) is 24.2 Å². The van der Waals surface area contributed by atoms with E-state index in [9.17, 15) is 4.79 Å². The van der Waals surface area contributed by atoms with Crippen LogP contribution in [0.4, 0.5) is 5.13 Å². The minimum atomic E-state index is -0.0574. The Morgan fingerprint density at radius 1 is 1.38 bits per heavy atom. The number of anilines is 1. The molecule has 0 radical (unpaired) electrons. The Labute approximate surface area is 153 Å². The molecule has 0 fully saturated rings. The summed E-state index contributed by atoms with van der Waals surface area (Å²) in [6.45, 7) is 2.60. The first-order valence-electron chi connectivity index (χ1n) is 8.16. The number of nitrogens with zero attached hydrogens (tertiary/aromatic N) is 1. The number of carbonyl (C=O) groups excluding carboxylic acids is 1. The van der Waals surface area contributed by atoms with Gasteiger partial charge < -0.3 is 10.6 Å². The first-order chi connectivity index (χ1) is 11.2. The number of hydrogen-bond acceptors (Lipinski definition) is 4. The predicted molar refractivity (Wildman–Crippen MR) is 102 cm³/mol. The molecule has 1 heterocycles. The number of halogens is 1. The maximum atomic E-state index is 12.1. The van der Waals surface area contributed by atoms with E-state index in [1.165, 1.54) is 16.1 Å². The molecular formula is C18H24ClN3OS. The Kier molecular flexibility index (Phi) is 6.78. The minimum absolute atomic E-state index is 0. The smallest absolute Gasteiger partial charge is 0.230 e. The van der Waals surface area contributed by atoms with Gasteiger partial charge in [-0.05, 0) is 37.8 Å². The number of benzene rings is 1. The highest BCUT2D eigenvalue weighted by Gasteiger charge is 2.24. The molecule has 1 aromatic carbocycles. The topological polar surface area (TPSA) is 54.0 Å². The molecule has 0 aliphatic heterocycles. The summed E-state index contributed by atoms with van der Waals surface area (Å²) >= 11 is 1.63. The SMILES string of the molecule is CNCC(C)C(=O)Nc1nc2c(s1)CC(c1ccccc1)CC2.Cl. The standard InChI is InChI=1S/C18H23N3OS.ClH/c1-12(11-19-2)17(22)21-18-20-15-9-8-14(10-16(15)23-18)13-6-4-3-5-7-13;/h3-7,12,14,19H,8-11H2,1-2H3,(H,20,21,22);1H. The molecule has 2 unspecified atom stereocenters. The Balaban J connectivity index is 0.00000208. The number of nitrogens with one attached hydrogen (secondary N) is 2. The van der Waals surface area contributed by atoms with E-state index >= 15 is 0 Å². The number of thiazole rings is 1. The van der Waals surface area contributed by atoms with Crippen molar-refractivity contribution in [2.75, 3.05) is 18.9 Å². The molecule has 2 aromatic rings. The monoisotopic (exact) mass is 365 g/mol. The lowest BCUT2D eigenvalue weighted by atomic mass is 9.85. The van der Waals surface area contributed by atoms with Crippen molar-refractivity contribution in [3.05, 3.63) is 46.5 Å². The molecule has 0 saturated heterocycles. The lowest BCUT2D eigenvalue weighted by Gasteiger charge is -2.21. The molecule has 3 rings (SSSR count). The summed E-state index contributed by atoms with van der Waals surface area (Å²) in [4.78, 5) is 18.1. The van der Waals surface area contributed by atoms with E-state index in [0.29, 0.717) is 12.5 Å². The fraction of sp³-hybridized carbons (Fsp3) is 0.444. The molecule has 0 bridgehead atoms. The zero-order chi connectivity index (χ0) is 16.2. The summed E-state index contributed by atoms with van der Waals surface area (Å²) in [6, 6.07) is 10.7. The molecule has 4 nitrogen and oxygen atoms in total. The van der Waals surface area contributed by atoms with Crippen LogP contribution in [-0.4, -0.2) is 24.5 Å². The molecule has 0 spiro atoms. The van der Waals surface area contributed by atoms with Gasteiger partial charge in [0.25, 0.3) is 0 Å². The van der Waals surface area contributed by atoms with Gasteiger partial charge in [0.05, 0.1) is 5.69 Å². The maximum Gasteiger partial charge on any atom is 0.230 e. The number of carbonyl (C=O) groups is 1. The van der Waals surface area contributed by atoms with Crippen molar-refractivity contribution in [2.24, 2.45) is 5.92 Å². The van der Waals surface area contributed by atoms with Crippen LogP contribution < -0.4 is 10.6 Å². The third-order valence-electron chi connectivity index (χ3n) is 4.40. The molecule has 2 atom stereocenters. The van der Waals surface area contributed by atoms with E-state index in [2.05, 4.69) is 45.9 Å². The van der Waals surface area contributed by atoms with Crippen LogP contribution in [0.25, 0.3) is 0 Å². The predicted octanol–water partition coefficient (Wildman–Crippen LogP) is 3.63. The van der Waals surface area contributed by atoms with Gasteiger partial charge in [0.1, 0.15) is 0 Å². The van der Waals surface area contributed by atoms with Gasteiger partial charge in [0.15, 0.2) is 5.13 Å². The third-order valence-corrected chi connectivity index (χ3v) is 5.43. The third kappa shape index (κ3) is 4.35. The van der Waals surface area contributed by atoms with Crippen LogP contribution in [0.3, 0.4) is 0 Å². The summed E-state index contributed by atoms with van der Waals surface area (Å²) in [5.41, 5.74) is 2.57. The summed E-state index contributed by atoms with van der Waals surface area (Å²) in [5, 5.41) is 6.74. The van der Waals surface area contributed by atoms with E-state index < -0.39 is 0 Å². The van der Waals surface area contributed by atoms with Gasteiger partial charge >= 0.3 is 0 Å². The van der Waals surface area contributed by atoms with Crippen LogP contribution in [0.1, 0.15) is 35.4 Å². The molecular weight excluding hydrogens is 342 g/mol. The summed E-state index contributed by atoms with van der Waals surface area (Å²) in [6.07, 6.45) is 3.15. The van der Waals surface area contributed by atoms with Crippen molar-refractivity contribution in [2.45, 2.75) is 32.1 Å². The fourth-order valence-corrected chi connectivity index (χ4v) is 4.16. The molecule has 1 aliphatic rings. The van der Waals surface area contributed by atoms with Gasteiger partial charge in [-0.2, -0.15) is 0 Å². The second-order valence-corrected chi connectivity index (χ2v) is 7.27. The van der Waals surface area contributed by atoms with Crippen LogP contribution in [0, 0.1) is 5.92 Å². The van der Waals surface area contributed by atoms with E-state index in [0.717, 1.165) is 24.4 Å².